The number of esters is 1. The molecule has 7 nitrogen and oxygen atoms in total. The molecule has 0 bridgehead atoms. The van der Waals surface area contributed by atoms with Gasteiger partial charge in [-0.1, -0.05) is 58.6 Å². The number of carbonyl (C=O) groups excluding carboxylic acids is 1. The molecule has 0 saturated carbocycles. The highest BCUT2D eigenvalue weighted by Gasteiger charge is 2.43. The summed E-state index contributed by atoms with van der Waals surface area (Å²) in [6, 6.07) is 14.5. The molecule has 0 radical (unpaired) electrons. The van der Waals surface area contributed by atoms with Crippen molar-refractivity contribution in [3.05, 3.63) is 71.0 Å². The Morgan fingerprint density at radius 1 is 1.03 bits per heavy atom. The van der Waals surface area contributed by atoms with Gasteiger partial charge in [-0.05, 0) is 74.1 Å². The van der Waals surface area contributed by atoms with E-state index in [1.165, 1.54) is 24.3 Å². The van der Waals surface area contributed by atoms with Gasteiger partial charge in [-0.25, -0.2) is 13.2 Å². The van der Waals surface area contributed by atoms with E-state index < -0.39 is 27.5 Å². The van der Waals surface area contributed by atoms with Gasteiger partial charge in [-0.2, -0.15) is 5.26 Å². The van der Waals surface area contributed by atoms with Crippen molar-refractivity contribution in [2.75, 3.05) is 4.72 Å². The number of hydrogen-bond donors (Lipinski definition) is 2. The number of cyclic esters (lactones) is 1. The maximum absolute atomic E-state index is 13.4. The summed E-state index contributed by atoms with van der Waals surface area (Å²) < 4.78 is 34.6. The SMILES string of the molecule is CCCCCC1(CCCCC)CC(O)=C(C(CC)c2cccc(NS(=O)(=O)c3ccc(C#N)cc3)c2)C(=O)O1. The van der Waals surface area contributed by atoms with Crippen molar-refractivity contribution in [1.82, 2.24) is 0 Å². The molecule has 0 fully saturated rings. The molecule has 1 atom stereocenters. The monoisotopic (exact) mass is 552 g/mol. The molecule has 0 aliphatic carbocycles. The van der Waals surface area contributed by atoms with Crippen LogP contribution in [0, 0.1) is 11.3 Å². The van der Waals surface area contributed by atoms with Crippen LogP contribution in [-0.4, -0.2) is 25.1 Å². The van der Waals surface area contributed by atoms with Crippen LogP contribution >= 0.6 is 0 Å². The van der Waals surface area contributed by atoms with E-state index >= 15 is 0 Å². The number of hydrogen-bond acceptors (Lipinski definition) is 6. The van der Waals surface area contributed by atoms with Crippen molar-refractivity contribution in [3.63, 3.8) is 0 Å². The lowest BCUT2D eigenvalue weighted by atomic mass is 9.79. The summed E-state index contributed by atoms with van der Waals surface area (Å²) in [5.74, 6) is -0.849. The molecule has 0 amide bonds. The van der Waals surface area contributed by atoms with Crippen LogP contribution in [0.15, 0.2) is 64.8 Å². The van der Waals surface area contributed by atoms with Crippen molar-refractivity contribution >= 4 is 21.7 Å². The third kappa shape index (κ3) is 7.63. The zero-order chi connectivity index (χ0) is 28.5. The minimum Gasteiger partial charge on any atom is -0.512 e. The standard InChI is InChI=1S/C31H40N2O5S/c1-4-7-9-18-31(19-10-8-5-2)21-28(34)29(30(35)38-31)27(6-3)24-12-11-13-25(20-24)33-39(36,37)26-16-14-23(22-32)15-17-26/h11-17,20,27,33-34H,4-10,18-19,21H2,1-3H3. The minimum atomic E-state index is -3.88. The molecule has 210 valence electrons. The quantitative estimate of drug-likeness (QED) is 0.185. The lowest BCUT2D eigenvalue weighted by molar-refractivity contribution is -0.161. The maximum atomic E-state index is 13.4. The van der Waals surface area contributed by atoms with Gasteiger partial charge in [-0.3, -0.25) is 4.72 Å². The summed E-state index contributed by atoms with van der Waals surface area (Å²) in [6.45, 7) is 6.20. The summed E-state index contributed by atoms with van der Waals surface area (Å²) in [5, 5.41) is 20.2. The zero-order valence-electron chi connectivity index (χ0n) is 23.2. The van der Waals surface area contributed by atoms with Gasteiger partial charge < -0.3 is 9.84 Å². The van der Waals surface area contributed by atoms with Crippen LogP contribution in [0.25, 0.3) is 0 Å². The number of nitriles is 1. The molecule has 1 unspecified atom stereocenters. The number of aliphatic hydroxyl groups excluding tert-OH is 1. The van der Waals surface area contributed by atoms with E-state index in [0.717, 1.165) is 51.4 Å². The first-order valence-corrected chi connectivity index (χ1v) is 15.4. The first-order chi connectivity index (χ1) is 18.7. The van der Waals surface area contributed by atoms with Crippen LogP contribution in [-0.2, 0) is 19.6 Å². The molecule has 1 heterocycles. The first kappa shape index (κ1) is 30.2. The molecule has 0 saturated heterocycles. The highest BCUT2D eigenvalue weighted by Crippen LogP contribution is 2.42. The van der Waals surface area contributed by atoms with E-state index in [1.807, 2.05) is 19.1 Å². The predicted octanol–water partition coefficient (Wildman–Crippen LogP) is 7.51. The van der Waals surface area contributed by atoms with Crippen molar-refractivity contribution < 1.29 is 23.1 Å². The maximum Gasteiger partial charge on any atom is 0.338 e. The number of ether oxygens (including phenoxy) is 1. The first-order valence-electron chi connectivity index (χ1n) is 14.0. The van der Waals surface area contributed by atoms with E-state index in [1.54, 1.807) is 18.2 Å². The number of rotatable bonds is 14. The van der Waals surface area contributed by atoms with E-state index in [-0.39, 0.29) is 16.2 Å². The lowest BCUT2D eigenvalue weighted by Crippen LogP contribution is -2.41. The second-order valence-corrected chi connectivity index (χ2v) is 12.0. The van der Waals surface area contributed by atoms with Gasteiger partial charge in [0.1, 0.15) is 11.4 Å². The Kier molecular flexibility index (Phi) is 10.6. The molecule has 1 aliphatic heterocycles. The fourth-order valence-corrected chi connectivity index (χ4v) is 6.35. The Bertz CT molecular complexity index is 1300. The van der Waals surface area contributed by atoms with Crippen LogP contribution in [0.2, 0.25) is 0 Å². The van der Waals surface area contributed by atoms with E-state index in [2.05, 4.69) is 18.6 Å². The lowest BCUT2D eigenvalue weighted by Gasteiger charge is -2.39. The smallest absolute Gasteiger partial charge is 0.338 e. The molecule has 0 aromatic heterocycles. The molecule has 1 aliphatic rings. The van der Waals surface area contributed by atoms with E-state index in [0.29, 0.717) is 29.7 Å². The number of anilines is 1. The molecule has 2 aromatic carbocycles. The van der Waals surface area contributed by atoms with Crippen LogP contribution in [0.5, 0.6) is 0 Å². The molecule has 39 heavy (non-hydrogen) atoms. The van der Waals surface area contributed by atoms with Crippen LogP contribution in [0.1, 0.15) is 102 Å². The van der Waals surface area contributed by atoms with Gasteiger partial charge in [0.05, 0.1) is 22.1 Å². The van der Waals surface area contributed by atoms with Gasteiger partial charge in [0, 0.05) is 18.0 Å². The normalized spacial score (nSPS) is 15.9. The Morgan fingerprint density at radius 3 is 2.21 bits per heavy atom. The van der Waals surface area contributed by atoms with Crippen LogP contribution in [0.3, 0.4) is 0 Å². The van der Waals surface area contributed by atoms with Gasteiger partial charge in [-0.15, -0.1) is 0 Å². The topological polar surface area (TPSA) is 116 Å². The van der Waals surface area contributed by atoms with Crippen LogP contribution in [0.4, 0.5) is 5.69 Å². The molecule has 2 aromatic rings. The van der Waals surface area contributed by atoms with E-state index in [9.17, 15) is 18.3 Å². The summed E-state index contributed by atoms with van der Waals surface area (Å²) in [6.07, 6.45) is 8.41. The summed E-state index contributed by atoms with van der Waals surface area (Å²) in [4.78, 5) is 13.5. The number of carbonyl (C=O) groups is 1. The molecular weight excluding hydrogens is 512 g/mol. The number of aliphatic hydroxyl groups is 1. The summed E-state index contributed by atoms with van der Waals surface area (Å²) >= 11 is 0. The fraction of sp³-hybridized carbons (Fsp3) is 0.484. The van der Waals surface area contributed by atoms with Gasteiger partial charge in [0.15, 0.2) is 0 Å². The van der Waals surface area contributed by atoms with Crippen LogP contribution < -0.4 is 4.72 Å². The third-order valence-electron chi connectivity index (χ3n) is 7.39. The van der Waals surface area contributed by atoms with Gasteiger partial charge in [0.25, 0.3) is 10.0 Å². The highest BCUT2D eigenvalue weighted by molar-refractivity contribution is 7.92. The predicted molar refractivity (Wildman–Crippen MR) is 153 cm³/mol. The number of benzene rings is 2. The summed E-state index contributed by atoms with van der Waals surface area (Å²) in [5.41, 5.74) is 1.000. The Morgan fingerprint density at radius 2 is 1.67 bits per heavy atom. The second-order valence-electron chi connectivity index (χ2n) is 10.4. The zero-order valence-corrected chi connectivity index (χ0v) is 24.0. The average molecular weight is 553 g/mol. The van der Waals surface area contributed by atoms with Gasteiger partial charge in [0.2, 0.25) is 0 Å². The largest absolute Gasteiger partial charge is 0.512 e. The molecular formula is C31H40N2O5S. The van der Waals surface area contributed by atoms with Crippen molar-refractivity contribution in [1.29, 1.82) is 5.26 Å². The highest BCUT2D eigenvalue weighted by atomic mass is 32.2. The van der Waals surface area contributed by atoms with Crippen molar-refractivity contribution in [2.45, 2.75) is 101 Å². The van der Waals surface area contributed by atoms with Crippen molar-refractivity contribution in [2.24, 2.45) is 0 Å². The number of unbranched alkanes of at least 4 members (excludes halogenated alkanes) is 4. The number of nitrogens with zero attached hydrogens (tertiary/aromatic N) is 1. The molecule has 2 N–H and O–H groups in total. The average Bonchev–Trinajstić information content (AvgIpc) is 2.91. The Balaban J connectivity index is 1.87. The molecule has 0 spiro atoms. The number of sulfonamides is 1. The third-order valence-corrected chi connectivity index (χ3v) is 8.79. The molecule has 3 rings (SSSR count). The van der Waals surface area contributed by atoms with E-state index in [4.69, 9.17) is 10.00 Å². The van der Waals surface area contributed by atoms with Gasteiger partial charge >= 0.3 is 5.97 Å². The number of nitrogens with one attached hydrogen (secondary N) is 1. The minimum absolute atomic E-state index is 0.0395. The Labute approximate surface area is 232 Å². The Hall–Kier alpha value is -3.31. The van der Waals surface area contributed by atoms with Crippen molar-refractivity contribution in [3.8, 4) is 6.07 Å². The fourth-order valence-electron chi connectivity index (χ4n) is 5.30. The second kappa shape index (κ2) is 13.7. The molecule has 8 heteroatoms. The summed E-state index contributed by atoms with van der Waals surface area (Å²) in [7, 11) is -3.88.